The molecular weight excluding hydrogens is 222 g/mol. The number of aryl methyl sites for hydroxylation is 1. The summed E-state index contributed by atoms with van der Waals surface area (Å²) in [6, 6.07) is 0. The van der Waals surface area contributed by atoms with Gasteiger partial charge in [0.2, 0.25) is 0 Å². The van der Waals surface area contributed by atoms with Crippen molar-refractivity contribution in [2.24, 2.45) is 17.8 Å². The van der Waals surface area contributed by atoms with Gasteiger partial charge >= 0.3 is 0 Å². The van der Waals surface area contributed by atoms with Crippen LogP contribution in [0.1, 0.15) is 49.8 Å². The fourth-order valence-corrected chi connectivity index (χ4v) is 5.16. The minimum atomic E-state index is 0.471. The zero-order valence-electron chi connectivity index (χ0n) is 11.2. The molecule has 3 heteroatoms. The lowest BCUT2D eigenvalue weighted by Crippen LogP contribution is -2.58. The average Bonchev–Trinajstić information content (AvgIpc) is 2.70. The van der Waals surface area contributed by atoms with Crippen LogP contribution in [-0.4, -0.2) is 15.7 Å². The SMILES string of the molecule is Cc1[nH]ncc1CNC12CC3CC(CC(C3)C1)C2. The van der Waals surface area contributed by atoms with Crippen LogP contribution in [0, 0.1) is 24.7 Å². The van der Waals surface area contributed by atoms with Gasteiger partial charge in [-0.2, -0.15) is 5.10 Å². The summed E-state index contributed by atoms with van der Waals surface area (Å²) in [5.41, 5.74) is 3.02. The molecule has 0 radical (unpaired) electrons. The molecule has 0 aromatic carbocycles. The first-order chi connectivity index (χ1) is 8.72. The number of nitrogens with one attached hydrogen (secondary N) is 2. The lowest BCUT2D eigenvalue weighted by atomic mass is 9.53. The Morgan fingerprint density at radius 1 is 1.22 bits per heavy atom. The second-order valence-electron chi connectivity index (χ2n) is 7.07. The van der Waals surface area contributed by atoms with Gasteiger partial charge < -0.3 is 5.32 Å². The Kier molecular flexibility index (Phi) is 2.35. The maximum atomic E-state index is 4.12. The molecule has 1 aromatic rings. The van der Waals surface area contributed by atoms with Crippen molar-refractivity contribution >= 4 is 0 Å². The lowest BCUT2D eigenvalue weighted by Gasteiger charge is -2.57. The first-order valence-corrected chi connectivity index (χ1v) is 7.46. The fourth-order valence-electron chi connectivity index (χ4n) is 5.16. The van der Waals surface area contributed by atoms with Crippen LogP contribution in [0.2, 0.25) is 0 Å². The molecule has 1 aromatic heterocycles. The second-order valence-corrected chi connectivity index (χ2v) is 7.07. The quantitative estimate of drug-likeness (QED) is 0.859. The van der Waals surface area contributed by atoms with Crippen LogP contribution < -0.4 is 5.32 Å². The number of aromatic nitrogens is 2. The van der Waals surface area contributed by atoms with Crippen molar-refractivity contribution in [2.45, 2.75) is 57.5 Å². The maximum absolute atomic E-state index is 4.12. The Hall–Kier alpha value is -0.830. The molecule has 98 valence electrons. The molecule has 0 aliphatic heterocycles. The number of nitrogens with zero attached hydrogens (tertiary/aromatic N) is 1. The van der Waals surface area contributed by atoms with Gasteiger partial charge in [-0.25, -0.2) is 0 Å². The van der Waals surface area contributed by atoms with E-state index in [-0.39, 0.29) is 0 Å². The molecule has 3 nitrogen and oxygen atoms in total. The van der Waals surface area contributed by atoms with Gasteiger partial charge in [-0.15, -0.1) is 0 Å². The standard InChI is InChI=1S/C15H23N3/c1-10-14(9-17-18-10)8-16-15-5-11-2-12(6-15)4-13(3-11)7-15/h9,11-13,16H,2-8H2,1H3,(H,17,18). The fraction of sp³-hybridized carbons (Fsp3) is 0.800. The van der Waals surface area contributed by atoms with Gasteiger partial charge in [0.25, 0.3) is 0 Å². The van der Waals surface area contributed by atoms with Crippen molar-refractivity contribution in [3.8, 4) is 0 Å². The lowest BCUT2D eigenvalue weighted by molar-refractivity contribution is -0.0206. The zero-order chi connectivity index (χ0) is 12.2. The molecule has 4 saturated carbocycles. The van der Waals surface area contributed by atoms with Crippen LogP contribution in [0.5, 0.6) is 0 Å². The van der Waals surface area contributed by atoms with E-state index in [2.05, 4.69) is 22.4 Å². The molecule has 4 aliphatic carbocycles. The third-order valence-corrected chi connectivity index (χ3v) is 5.63. The van der Waals surface area contributed by atoms with Crippen molar-refractivity contribution < 1.29 is 0 Å². The van der Waals surface area contributed by atoms with Crippen molar-refractivity contribution in [1.29, 1.82) is 0 Å². The molecule has 0 unspecified atom stereocenters. The summed E-state index contributed by atoms with van der Waals surface area (Å²) in [4.78, 5) is 0. The summed E-state index contributed by atoms with van der Waals surface area (Å²) in [6.45, 7) is 3.11. The molecule has 18 heavy (non-hydrogen) atoms. The van der Waals surface area contributed by atoms with Crippen LogP contribution in [0.15, 0.2) is 6.20 Å². The highest BCUT2D eigenvalue weighted by atomic mass is 15.1. The van der Waals surface area contributed by atoms with E-state index >= 15 is 0 Å². The summed E-state index contributed by atoms with van der Waals surface area (Å²) >= 11 is 0. The molecule has 0 amide bonds. The summed E-state index contributed by atoms with van der Waals surface area (Å²) in [6.07, 6.45) is 10.8. The van der Waals surface area contributed by atoms with E-state index in [1.807, 2.05) is 6.20 Å². The van der Waals surface area contributed by atoms with E-state index in [0.29, 0.717) is 5.54 Å². The Morgan fingerprint density at radius 2 is 1.83 bits per heavy atom. The van der Waals surface area contributed by atoms with Crippen molar-refractivity contribution in [1.82, 2.24) is 15.5 Å². The van der Waals surface area contributed by atoms with E-state index in [4.69, 9.17) is 0 Å². The highest BCUT2D eigenvalue weighted by Gasteiger charge is 2.50. The topological polar surface area (TPSA) is 40.7 Å². The van der Waals surface area contributed by atoms with Crippen molar-refractivity contribution in [3.05, 3.63) is 17.5 Å². The molecule has 4 bridgehead atoms. The number of hydrogen-bond donors (Lipinski definition) is 2. The van der Waals surface area contributed by atoms with Gasteiger partial charge in [0.05, 0.1) is 6.20 Å². The smallest absolute Gasteiger partial charge is 0.0535 e. The maximum Gasteiger partial charge on any atom is 0.0535 e. The van der Waals surface area contributed by atoms with Crippen molar-refractivity contribution in [2.75, 3.05) is 0 Å². The van der Waals surface area contributed by atoms with E-state index in [0.717, 1.165) is 24.3 Å². The van der Waals surface area contributed by atoms with Crippen LogP contribution in [0.4, 0.5) is 0 Å². The van der Waals surface area contributed by atoms with E-state index in [1.165, 1.54) is 49.8 Å². The normalized spacial score (nSPS) is 41.5. The molecular formula is C15H23N3. The van der Waals surface area contributed by atoms with Gasteiger partial charge in [-0.3, -0.25) is 5.10 Å². The first-order valence-electron chi connectivity index (χ1n) is 7.46. The van der Waals surface area contributed by atoms with Gasteiger partial charge in [0, 0.05) is 23.3 Å². The number of aromatic amines is 1. The number of H-pyrrole nitrogens is 1. The van der Waals surface area contributed by atoms with Gasteiger partial charge in [0.1, 0.15) is 0 Å². The van der Waals surface area contributed by atoms with Crippen LogP contribution >= 0.6 is 0 Å². The predicted molar refractivity (Wildman–Crippen MR) is 71.1 cm³/mol. The van der Waals surface area contributed by atoms with E-state index in [1.54, 1.807) is 0 Å². The Morgan fingerprint density at radius 3 is 2.33 bits per heavy atom. The van der Waals surface area contributed by atoms with E-state index in [9.17, 15) is 0 Å². The average molecular weight is 245 g/mol. The van der Waals surface area contributed by atoms with Gasteiger partial charge in [-0.1, -0.05) is 0 Å². The summed E-state index contributed by atoms with van der Waals surface area (Å²) in [5, 5.41) is 11.1. The zero-order valence-corrected chi connectivity index (χ0v) is 11.2. The molecule has 0 saturated heterocycles. The first kappa shape index (κ1) is 11.0. The predicted octanol–water partition coefficient (Wildman–Crippen LogP) is 2.78. The summed E-state index contributed by atoms with van der Waals surface area (Å²) in [5.74, 6) is 3.07. The van der Waals surface area contributed by atoms with E-state index < -0.39 is 0 Å². The third kappa shape index (κ3) is 1.71. The number of hydrogen-bond acceptors (Lipinski definition) is 2. The Bertz CT molecular complexity index is 413. The monoisotopic (exact) mass is 245 g/mol. The second kappa shape index (κ2) is 3.83. The summed E-state index contributed by atoms with van der Waals surface area (Å²) in [7, 11) is 0. The van der Waals surface area contributed by atoms with Crippen LogP contribution in [0.3, 0.4) is 0 Å². The number of rotatable bonds is 3. The molecule has 4 aliphatic rings. The van der Waals surface area contributed by atoms with Gasteiger partial charge in [-0.05, 0) is 63.2 Å². The molecule has 4 fully saturated rings. The minimum Gasteiger partial charge on any atom is -0.307 e. The third-order valence-electron chi connectivity index (χ3n) is 5.63. The Balaban J connectivity index is 1.49. The molecule has 5 rings (SSSR count). The van der Waals surface area contributed by atoms with Crippen LogP contribution in [0.25, 0.3) is 0 Å². The van der Waals surface area contributed by atoms with Crippen molar-refractivity contribution in [3.63, 3.8) is 0 Å². The van der Waals surface area contributed by atoms with Gasteiger partial charge in [0.15, 0.2) is 0 Å². The summed E-state index contributed by atoms with van der Waals surface area (Å²) < 4.78 is 0. The van der Waals surface area contributed by atoms with Crippen LogP contribution in [-0.2, 0) is 6.54 Å². The largest absolute Gasteiger partial charge is 0.307 e. The Labute approximate surface area is 109 Å². The minimum absolute atomic E-state index is 0.471. The molecule has 0 atom stereocenters. The highest BCUT2D eigenvalue weighted by molar-refractivity contribution is 5.15. The highest BCUT2D eigenvalue weighted by Crippen LogP contribution is 2.55. The molecule has 1 heterocycles. The molecule has 0 spiro atoms. The molecule has 2 N–H and O–H groups in total.